The Balaban J connectivity index is 2.92. The zero-order valence-corrected chi connectivity index (χ0v) is 11.0. The van der Waals surface area contributed by atoms with Crippen molar-refractivity contribution in [1.82, 2.24) is 4.57 Å². The molecule has 2 aromatic rings. The summed E-state index contributed by atoms with van der Waals surface area (Å²) in [5.41, 5.74) is 0.384. The van der Waals surface area contributed by atoms with Crippen molar-refractivity contribution in [2.75, 3.05) is 0 Å². The summed E-state index contributed by atoms with van der Waals surface area (Å²) in [6.45, 7) is 5.41. The Labute approximate surface area is 108 Å². The SMILES string of the molecule is Cc1c(Cl)n(C(C)C)c2cccc(C(F)(F)F)c12. The van der Waals surface area contributed by atoms with Crippen LogP contribution < -0.4 is 0 Å². The Kier molecular flexibility index (Phi) is 3.09. The maximum absolute atomic E-state index is 13.0. The Hall–Kier alpha value is -1.16. The smallest absolute Gasteiger partial charge is 0.329 e. The number of hydrogen-bond acceptors (Lipinski definition) is 0. The molecule has 2 rings (SSSR count). The number of nitrogens with zero attached hydrogens (tertiary/aromatic N) is 1. The first kappa shape index (κ1) is 13.3. The molecule has 98 valence electrons. The van der Waals surface area contributed by atoms with Crippen molar-refractivity contribution in [2.24, 2.45) is 0 Å². The molecule has 0 amide bonds. The maximum Gasteiger partial charge on any atom is 0.417 e. The summed E-state index contributed by atoms with van der Waals surface area (Å²) in [5.74, 6) is 0. The van der Waals surface area contributed by atoms with Gasteiger partial charge in [0.25, 0.3) is 0 Å². The third kappa shape index (κ3) is 1.88. The molecule has 5 heteroatoms. The zero-order valence-electron chi connectivity index (χ0n) is 10.3. The van der Waals surface area contributed by atoms with E-state index in [1.165, 1.54) is 6.07 Å². The van der Waals surface area contributed by atoms with Crippen LogP contribution in [0.5, 0.6) is 0 Å². The second kappa shape index (κ2) is 4.19. The number of halogens is 4. The Morgan fingerprint density at radius 2 is 1.83 bits per heavy atom. The molecule has 0 atom stereocenters. The predicted molar refractivity (Wildman–Crippen MR) is 67.1 cm³/mol. The van der Waals surface area contributed by atoms with Crippen LogP contribution >= 0.6 is 11.6 Å². The lowest BCUT2D eigenvalue weighted by Gasteiger charge is -2.12. The van der Waals surface area contributed by atoms with E-state index in [0.29, 0.717) is 16.2 Å². The van der Waals surface area contributed by atoms with Crippen LogP contribution in [-0.4, -0.2) is 4.57 Å². The van der Waals surface area contributed by atoms with Gasteiger partial charge in [-0.1, -0.05) is 17.7 Å². The van der Waals surface area contributed by atoms with Crippen LogP contribution in [0.25, 0.3) is 10.9 Å². The van der Waals surface area contributed by atoms with Gasteiger partial charge in [0.15, 0.2) is 0 Å². The molecule has 0 aliphatic heterocycles. The molecular formula is C13H13ClF3N. The average molecular weight is 276 g/mol. The molecule has 1 nitrogen and oxygen atoms in total. The van der Waals surface area contributed by atoms with Crippen molar-refractivity contribution >= 4 is 22.5 Å². The maximum atomic E-state index is 13.0. The van der Waals surface area contributed by atoms with Gasteiger partial charge in [-0.25, -0.2) is 0 Å². The highest BCUT2D eigenvalue weighted by Crippen LogP contribution is 2.40. The highest BCUT2D eigenvalue weighted by Gasteiger charge is 2.34. The molecule has 0 aliphatic rings. The molecule has 0 fully saturated rings. The molecule has 1 heterocycles. The van der Waals surface area contributed by atoms with Crippen molar-refractivity contribution < 1.29 is 13.2 Å². The fraction of sp³-hybridized carbons (Fsp3) is 0.385. The standard InChI is InChI=1S/C13H13ClF3N/c1-7(2)18-10-6-4-5-9(13(15,16)17)11(10)8(3)12(18)14/h4-7H,1-3H3. The Bertz CT molecular complexity index is 596. The molecule has 0 radical (unpaired) electrons. The predicted octanol–water partition coefficient (Wildman–Crippen LogP) is 5.20. The van der Waals surface area contributed by atoms with Crippen molar-refractivity contribution in [3.63, 3.8) is 0 Å². The third-order valence-corrected chi connectivity index (χ3v) is 3.49. The average Bonchev–Trinajstić information content (AvgIpc) is 2.50. The van der Waals surface area contributed by atoms with Crippen LogP contribution in [0.2, 0.25) is 5.15 Å². The van der Waals surface area contributed by atoms with Gasteiger partial charge >= 0.3 is 6.18 Å². The van der Waals surface area contributed by atoms with E-state index >= 15 is 0 Å². The zero-order chi connectivity index (χ0) is 13.7. The molecule has 0 saturated carbocycles. The van der Waals surface area contributed by atoms with Crippen molar-refractivity contribution in [3.8, 4) is 0 Å². The summed E-state index contributed by atoms with van der Waals surface area (Å²) < 4.78 is 40.7. The number of hydrogen-bond donors (Lipinski definition) is 0. The van der Waals surface area contributed by atoms with Gasteiger partial charge in [-0.2, -0.15) is 13.2 Å². The van der Waals surface area contributed by atoms with Crippen LogP contribution in [0.1, 0.15) is 31.0 Å². The van der Waals surface area contributed by atoms with Crippen LogP contribution in [0.3, 0.4) is 0 Å². The largest absolute Gasteiger partial charge is 0.417 e. The fourth-order valence-electron chi connectivity index (χ4n) is 2.27. The van der Waals surface area contributed by atoms with Gasteiger partial charge in [-0.15, -0.1) is 0 Å². The number of alkyl halides is 3. The second-order valence-corrected chi connectivity index (χ2v) is 4.94. The normalized spacial score (nSPS) is 12.7. The molecule has 1 aromatic carbocycles. The molecule has 0 spiro atoms. The quantitative estimate of drug-likeness (QED) is 0.674. The topological polar surface area (TPSA) is 4.93 Å². The van der Waals surface area contributed by atoms with Gasteiger partial charge in [0.05, 0.1) is 11.1 Å². The highest BCUT2D eigenvalue weighted by molar-refractivity contribution is 6.32. The van der Waals surface area contributed by atoms with E-state index in [2.05, 4.69) is 0 Å². The van der Waals surface area contributed by atoms with E-state index in [1.54, 1.807) is 17.6 Å². The van der Waals surface area contributed by atoms with Gasteiger partial charge in [-0.3, -0.25) is 0 Å². The van der Waals surface area contributed by atoms with E-state index < -0.39 is 11.7 Å². The fourth-order valence-corrected chi connectivity index (χ4v) is 2.65. The summed E-state index contributed by atoms with van der Waals surface area (Å²) in [6, 6.07) is 4.19. The van der Waals surface area contributed by atoms with E-state index in [1.807, 2.05) is 13.8 Å². The van der Waals surface area contributed by atoms with Crippen LogP contribution in [0, 0.1) is 6.92 Å². The highest BCUT2D eigenvalue weighted by atomic mass is 35.5. The van der Waals surface area contributed by atoms with E-state index in [0.717, 1.165) is 6.07 Å². The van der Waals surface area contributed by atoms with Crippen LogP contribution in [0.15, 0.2) is 18.2 Å². The molecule has 0 bridgehead atoms. The minimum absolute atomic E-state index is 0.0113. The summed E-state index contributed by atoms with van der Waals surface area (Å²) >= 11 is 6.15. The van der Waals surface area contributed by atoms with Crippen molar-refractivity contribution in [2.45, 2.75) is 33.0 Å². The number of rotatable bonds is 1. The minimum atomic E-state index is -4.36. The van der Waals surface area contributed by atoms with Gasteiger partial charge in [0, 0.05) is 11.4 Å². The molecule has 1 aromatic heterocycles. The van der Waals surface area contributed by atoms with Crippen LogP contribution in [0.4, 0.5) is 13.2 Å². The third-order valence-electron chi connectivity index (χ3n) is 3.02. The van der Waals surface area contributed by atoms with Gasteiger partial charge < -0.3 is 4.57 Å². The van der Waals surface area contributed by atoms with Gasteiger partial charge in [-0.05, 0) is 38.5 Å². The lowest BCUT2D eigenvalue weighted by atomic mass is 10.1. The Morgan fingerprint density at radius 3 is 2.33 bits per heavy atom. The molecule has 0 N–H and O–H groups in total. The number of aryl methyl sites for hydroxylation is 1. The van der Waals surface area contributed by atoms with Gasteiger partial charge in [0.2, 0.25) is 0 Å². The lowest BCUT2D eigenvalue weighted by molar-refractivity contribution is -0.136. The Morgan fingerprint density at radius 1 is 1.22 bits per heavy atom. The van der Waals surface area contributed by atoms with Crippen LogP contribution in [-0.2, 0) is 6.18 Å². The molecule has 18 heavy (non-hydrogen) atoms. The van der Waals surface area contributed by atoms with Crippen molar-refractivity contribution in [3.05, 3.63) is 34.5 Å². The molecular weight excluding hydrogens is 263 g/mol. The first-order chi connectivity index (χ1) is 8.25. The first-order valence-corrected chi connectivity index (χ1v) is 5.99. The first-order valence-electron chi connectivity index (χ1n) is 5.61. The molecule has 0 unspecified atom stereocenters. The molecule has 0 aliphatic carbocycles. The van der Waals surface area contributed by atoms with E-state index in [9.17, 15) is 13.2 Å². The minimum Gasteiger partial charge on any atom is -0.329 e. The number of aromatic nitrogens is 1. The number of fused-ring (bicyclic) bond motifs is 1. The van der Waals surface area contributed by atoms with E-state index in [4.69, 9.17) is 11.6 Å². The van der Waals surface area contributed by atoms with Crippen molar-refractivity contribution in [1.29, 1.82) is 0 Å². The van der Waals surface area contributed by atoms with E-state index in [-0.39, 0.29) is 11.4 Å². The monoisotopic (exact) mass is 275 g/mol. The lowest BCUT2D eigenvalue weighted by Crippen LogP contribution is -2.06. The summed E-state index contributed by atoms with van der Waals surface area (Å²) in [5, 5.41) is 0.570. The summed E-state index contributed by atoms with van der Waals surface area (Å²) in [7, 11) is 0. The second-order valence-electron chi connectivity index (χ2n) is 4.58. The summed E-state index contributed by atoms with van der Waals surface area (Å²) in [6.07, 6.45) is -4.36. The number of benzene rings is 1. The van der Waals surface area contributed by atoms with Gasteiger partial charge in [0.1, 0.15) is 5.15 Å². The summed E-state index contributed by atoms with van der Waals surface area (Å²) in [4.78, 5) is 0. The molecule has 0 saturated heterocycles.